The zero-order valence-electron chi connectivity index (χ0n) is 9.80. The van der Waals surface area contributed by atoms with Crippen LogP contribution in [-0.4, -0.2) is 35.7 Å². The third-order valence-electron chi connectivity index (χ3n) is 2.75. The molecule has 0 aliphatic carbocycles. The van der Waals surface area contributed by atoms with Gasteiger partial charge in [-0.05, 0) is 23.8 Å². The summed E-state index contributed by atoms with van der Waals surface area (Å²) in [6.45, 7) is 2.02. The van der Waals surface area contributed by atoms with Crippen molar-refractivity contribution in [3.8, 4) is 0 Å². The molecule has 1 aliphatic rings. The highest BCUT2D eigenvalue weighted by molar-refractivity contribution is 9.10. The molecule has 1 N–H and O–H groups in total. The first-order valence-electron chi connectivity index (χ1n) is 5.70. The molecule has 0 atom stereocenters. The number of hydrogen-bond acceptors (Lipinski definition) is 3. The first-order chi connectivity index (χ1) is 8.66. The summed E-state index contributed by atoms with van der Waals surface area (Å²) >= 11 is 5.43. The van der Waals surface area contributed by atoms with E-state index >= 15 is 0 Å². The van der Waals surface area contributed by atoms with Gasteiger partial charge in [-0.15, -0.1) is 0 Å². The van der Waals surface area contributed by atoms with E-state index < -0.39 is 5.97 Å². The number of thioether (sulfide) groups is 1. The smallest absolute Gasteiger partial charge is 0.328 e. The number of rotatable bonds is 3. The van der Waals surface area contributed by atoms with E-state index in [1.807, 2.05) is 23.9 Å². The van der Waals surface area contributed by atoms with Crippen molar-refractivity contribution in [1.82, 2.24) is 0 Å². The topological polar surface area (TPSA) is 40.5 Å². The van der Waals surface area contributed by atoms with Gasteiger partial charge in [0.2, 0.25) is 0 Å². The van der Waals surface area contributed by atoms with Gasteiger partial charge >= 0.3 is 5.97 Å². The molecule has 2 rings (SSSR count). The van der Waals surface area contributed by atoms with Crippen molar-refractivity contribution in [3.05, 3.63) is 34.3 Å². The number of aliphatic carboxylic acids is 1. The molecule has 0 spiro atoms. The molecule has 1 aromatic rings. The summed E-state index contributed by atoms with van der Waals surface area (Å²) in [6.07, 6.45) is 2.84. The van der Waals surface area contributed by atoms with E-state index in [4.69, 9.17) is 5.11 Å². The molecule has 5 heteroatoms. The van der Waals surface area contributed by atoms with E-state index in [2.05, 4.69) is 26.9 Å². The van der Waals surface area contributed by atoms with E-state index in [0.29, 0.717) is 0 Å². The number of carboxylic acid groups (broad SMARTS) is 1. The van der Waals surface area contributed by atoms with Crippen LogP contribution in [0.25, 0.3) is 6.08 Å². The molecule has 18 heavy (non-hydrogen) atoms. The maximum absolute atomic E-state index is 10.6. The Morgan fingerprint density at radius 2 is 2.11 bits per heavy atom. The molecule has 0 unspecified atom stereocenters. The second-order valence-electron chi connectivity index (χ2n) is 3.97. The summed E-state index contributed by atoms with van der Waals surface area (Å²) in [5.41, 5.74) is 2.05. The molecule has 0 aromatic heterocycles. The average molecular weight is 328 g/mol. The molecule has 96 valence electrons. The van der Waals surface area contributed by atoms with E-state index in [9.17, 15) is 4.79 Å². The van der Waals surface area contributed by atoms with Gasteiger partial charge in [0.15, 0.2) is 0 Å². The predicted octanol–water partition coefficient (Wildman–Crippen LogP) is 3.10. The molecule has 3 nitrogen and oxygen atoms in total. The maximum atomic E-state index is 10.6. The SMILES string of the molecule is O=C(O)/C=C/c1ccc(Br)cc1N1CCSCC1. The Morgan fingerprint density at radius 3 is 2.78 bits per heavy atom. The van der Waals surface area contributed by atoms with Gasteiger partial charge in [-0.3, -0.25) is 0 Å². The van der Waals surface area contributed by atoms with Crippen molar-refractivity contribution in [3.63, 3.8) is 0 Å². The molecule has 1 aliphatic heterocycles. The minimum atomic E-state index is -0.918. The van der Waals surface area contributed by atoms with Gasteiger partial charge in [0, 0.05) is 40.8 Å². The summed E-state index contributed by atoms with van der Waals surface area (Å²) in [5, 5.41) is 8.72. The third-order valence-corrected chi connectivity index (χ3v) is 4.19. The van der Waals surface area contributed by atoms with Gasteiger partial charge in [0.1, 0.15) is 0 Å². The first kappa shape index (κ1) is 13.5. The minimum absolute atomic E-state index is 0.918. The van der Waals surface area contributed by atoms with Crippen LogP contribution in [-0.2, 0) is 4.79 Å². The lowest BCUT2D eigenvalue weighted by Gasteiger charge is -2.30. The summed E-state index contributed by atoms with van der Waals surface area (Å²) in [4.78, 5) is 12.9. The number of nitrogens with zero attached hydrogens (tertiary/aromatic N) is 1. The van der Waals surface area contributed by atoms with Crippen molar-refractivity contribution in [1.29, 1.82) is 0 Å². The lowest BCUT2D eigenvalue weighted by Crippen LogP contribution is -2.32. The summed E-state index contributed by atoms with van der Waals surface area (Å²) in [7, 11) is 0. The first-order valence-corrected chi connectivity index (χ1v) is 7.65. The van der Waals surface area contributed by atoms with Crippen LogP contribution in [0.15, 0.2) is 28.7 Å². The van der Waals surface area contributed by atoms with Crippen molar-refractivity contribution >= 4 is 45.4 Å². The summed E-state index contributed by atoms with van der Waals surface area (Å²) < 4.78 is 1.02. The second kappa shape index (κ2) is 6.29. The monoisotopic (exact) mass is 327 g/mol. The molecule has 0 radical (unpaired) electrons. The number of hydrogen-bond donors (Lipinski definition) is 1. The molecule has 0 amide bonds. The van der Waals surface area contributed by atoms with Gasteiger partial charge in [0.05, 0.1) is 0 Å². The van der Waals surface area contributed by atoms with E-state index in [1.165, 1.54) is 6.08 Å². The van der Waals surface area contributed by atoms with Crippen molar-refractivity contribution in [2.75, 3.05) is 29.5 Å². The number of carbonyl (C=O) groups is 1. The van der Waals surface area contributed by atoms with Crippen LogP contribution in [0.1, 0.15) is 5.56 Å². The quantitative estimate of drug-likeness (QED) is 0.866. The predicted molar refractivity (Wildman–Crippen MR) is 80.3 cm³/mol. The fourth-order valence-electron chi connectivity index (χ4n) is 1.90. The van der Waals surface area contributed by atoms with Crippen LogP contribution in [0, 0.1) is 0 Å². The van der Waals surface area contributed by atoms with Gasteiger partial charge in [-0.2, -0.15) is 11.8 Å². The normalized spacial score (nSPS) is 16.2. The van der Waals surface area contributed by atoms with Gasteiger partial charge < -0.3 is 10.0 Å². The minimum Gasteiger partial charge on any atom is -0.478 e. The highest BCUT2D eigenvalue weighted by Gasteiger charge is 2.14. The standard InChI is InChI=1S/C13H14BrNO2S/c14-11-3-1-10(2-4-13(16)17)12(9-11)15-5-7-18-8-6-15/h1-4,9H,5-8H2,(H,16,17)/b4-2+. The Labute approximate surface area is 119 Å². The maximum Gasteiger partial charge on any atom is 0.328 e. The van der Waals surface area contributed by atoms with Crippen LogP contribution < -0.4 is 4.90 Å². The number of anilines is 1. The molecule has 1 heterocycles. The van der Waals surface area contributed by atoms with Crippen LogP contribution in [0.2, 0.25) is 0 Å². The lowest BCUT2D eigenvalue weighted by molar-refractivity contribution is -0.131. The van der Waals surface area contributed by atoms with E-state index in [1.54, 1.807) is 6.08 Å². The highest BCUT2D eigenvalue weighted by Crippen LogP contribution is 2.28. The van der Waals surface area contributed by atoms with Crippen LogP contribution in [0.4, 0.5) is 5.69 Å². The fourth-order valence-corrected chi connectivity index (χ4v) is 3.15. The largest absolute Gasteiger partial charge is 0.478 e. The van der Waals surface area contributed by atoms with Crippen molar-refractivity contribution in [2.45, 2.75) is 0 Å². The Morgan fingerprint density at radius 1 is 1.39 bits per heavy atom. The molecule has 0 bridgehead atoms. The molecule has 1 aromatic carbocycles. The van der Waals surface area contributed by atoms with E-state index in [-0.39, 0.29) is 0 Å². The molecular formula is C13H14BrNO2S. The fraction of sp³-hybridized carbons (Fsp3) is 0.308. The summed E-state index contributed by atoms with van der Waals surface area (Å²) in [6, 6.07) is 5.93. The molecular weight excluding hydrogens is 314 g/mol. The van der Waals surface area contributed by atoms with E-state index in [0.717, 1.165) is 40.3 Å². The summed E-state index contributed by atoms with van der Waals surface area (Å²) in [5.74, 6) is 1.32. The number of halogens is 1. The Hall–Kier alpha value is -0.940. The zero-order valence-corrected chi connectivity index (χ0v) is 12.2. The third kappa shape index (κ3) is 3.53. The second-order valence-corrected chi connectivity index (χ2v) is 6.11. The van der Waals surface area contributed by atoms with Gasteiger partial charge in [-0.25, -0.2) is 4.79 Å². The Balaban J connectivity index is 2.30. The van der Waals surface area contributed by atoms with Gasteiger partial charge in [0.25, 0.3) is 0 Å². The molecule has 0 saturated carbocycles. The van der Waals surface area contributed by atoms with Crippen molar-refractivity contribution in [2.24, 2.45) is 0 Å². The van der Waals surface area contributed by atoms with Crippen LogP contribution >= 0.6 is 27.7 Å². The highest BCUT2D eigenvalue weighted by atomic mass is 79.9. The number of benzene rings is 1. The molecule has 1 saturated heterocycles. The Bertz CT molecular complexity index is 470. The van der Waals surface area contributed by atoms with Crippen LogP contribution in [0.3, 0.4) is 0 Å². The zero-order chi connectivity index (χ0) is 13.0. The number of carboxylic acids is 1. The Kier molecular flexibility index (Phi) is 4.72. The van der Waals surface area contributed by atoms with Crippen molar-refractivity contribution < 1.29 is 9.90 Å². The molecule has 1 fully saturated rings. The van der Waals surface area contributed by atoms with Crippen LogP contribution in [0.5, 0.6) is 0 Å². The lowest BCUT2D eigenvalue weighted by atomic mass is 10.1. The van der Waals surface area contributed by atoms with Gasteiger partial charge in [-0.1, -0.05) is 22.0 Å². The average Bonchev–Trinajstić information content (AvgIpc) is 2.38.